The third-order valence-electron chi connectivity index (χ3n) is 13.6. The Morgan fingerprint density at radius 1 is 0.818 bits per heavy atom. The Balaban J connectivity index is 1.20. The molecule has 0 radical (unpaired) electrons. The molecule has 4 aliphatic rings. The Morgan fingerprint density at radius 2 is 1.48 bits per heavy atom. The third kappa shape index (κ3) is 8.59. The average molecular weight is 619 g/mol. The summed E-state index contributed by atoms with van der Waals surface area (Å²) in [5.74, 6) is 2.87. The second kappa shape index (κ2) is 16.9. The maximum atomic E-state index is 11.8. The van der Waals surface area contributed by atoms with Crippen LogP contribution in [0, 0.1) is 52.3 Å². The maximum Gasteiger partial charge on any atom is 0.306 e. The summed E-state index contributed by atoms with van der Waals surface area (Å²) in [6, 6.07) is 0.603. The van der Waals surface area contributed by atoms with E-state index in [0.29, 0.717) is 52.4 Å². The number of aliphatic hydroxyl groups is 1. The highest BCUT2D eigenvalue weighted by molar-refractivity contribution is 5.69. The molecule has 0 aliphatic heterocycles. The number of rotatable bonds is 19. The van der Waals surface area contributed by atoms with Crippen LogP contribution in [0.4, 0.5) is 0 Å². The fourth-order valence-corrected chi connectivity index (χ4v) is 11.0. The van der Waals surface area contributed by atoms with E-state index in [1.54, 1.807) is 0 Å². The van der Waals surface area contributed by atoms with Crippen molar-refractivity contribution >= 4 is 5.97 Å². The van der Waals surface area contributed by atoms with E-state index in [9.17, 15) is 15.0 Å². The van der Waals surface area contributed by atoms with Gasteiger partial charge in [-0.15, -0.1) is 0 Å². The molecule has 4 fully saturated rings. The molecule has 0 spiro atoms. The fraction of sp³-hybridized carbons (Fsp3) is 0.973. The smallest absolute Gasteiger partial charge is 0.306 e. The Labute approximate surface area is 270 Å². The maximum absolute atomic E-state index is 11.8. The van der Waals surface area contributed by atoms with Gasteiger partial charge in [0, 0.05) is 6.04 Å². The molecule has 0 amide bonds. The lowest BCUT2D eigenvalue weighted by molar-refractivity contribution is -0.167. The number of aliphatic hydroxyl groups excluding tert-OH is 1. The second-order valence-electron chi connectivity index (χ2n) is 16.3. The molecule has 44 heavy (non-hydrogen) atoms. The largest absolute Gasteiger partial charge is 0.481 e. The topological polar surface area (TPSA) is 120 Å². The fourth-order valence-electron chi connectivity index (χ4n) is 11.0. The van der Waals surface area contributed by atoms with E-state index in [1.165, 1.54) is 64.2 Å². The number of nitrogens with one attached hydrogen (secondary N) is 3. The van der Waals surface area contributed by atoms with Crippen LogP contribution in [-0.2, 0) is 4.79 Å². The zero-order valence-corrected chi connectivity index (χ0v) is 28.9. The summed E-state index contributed by atoms with van der Waals surface area (Å²) in [5.41, 5.74) is 6.24. The zero-order chi connectivity index (χ0) is 31.7. The number of nitrogens with two attached hydrogens (primary N) is 1. The summed E-state index contributed by atoms with van der Waals surface area (Å²) < 4.78 is 0. The highest BCUT2D eigenvalue weighted by Gasteiger charge is 2.62. The highest BCUT2D eigenvalue weighted by Crippen LogP contribution is 2.68. The summed E-state index contributed by atoms with van der Waals surface area (Å²) in [5, 5.41) is 32.0. The van der Waals surface area contributed by atoms with Gasteiger partial charge >= 0.3 is 5.97 Å². The first-order valence-electron chi connectivity index (χ1n) is 18.9. The van der Waals surface area contributed by atoms with Crippen molar-refractivity contribution in [2.45, 2.75) is 136 Å². The van der Waals surface area contributed by atoms with E-state index in [2.05, 4.69) is 36.7 Å². The van der Waals surface area contributed by atoms with Crippen LogP contribution in [-0.4, -0.2) is 67.6 Å². The van der Waals surface area contributed by atoms with Gasteiger partial charge in [-0.3, -0.25) is 4.79 Å². The van der Waals surface area contributed by atoms with Gasteiger partial charge in [-0.05, 0) is 169 Å². The second-order valence-corrected chi connectivity index (χ2v) is 16.3. The van der Waals surface area contributed by atoms with E-state index >= 15 is 0 Å². The molecule has 256 valence electrons. The Bertz CT molecular complexity index is 874. The van der Waals surface area contributed by atoms with Gasteiger partial charge < -0.3 is 31.9 Å². The minimum Gasteiger partial charge on any atom is -0.481 e. The number of hydrogen-bond donors (Lipinski definition) is 6. The molecular weight excluding hydrogens is 548 g/mol. The van der Waals surface area contributed by atoms with Crippen molar-refractivity contribution in [3.05, 3.63) is 0 Å². The van der Waals surface area contributed by atoms with Crippen molar-refractivity contribution in [2.75, 3.05) is 39.3 Å². The van der Waals surface area contributed by atoms with Crippen LogP contribution in [0.5, 0.6) is 0 Å². The quantitative estimate of drug-likeness (QED) is 0.101. The molecule has 7 heteroatoms. The molecule has 7 nitrogen and oxygen atoms in total. The van der Waals surface area contributed by atoms with Crippen LogP contribution in [0.2, 0.25) is 0 Å². The minimum atomic E-state index is -0.663. The summed E-state index contributed by atoms with van der Waals surface area (Å²) in [6.07, 6.45) is 17.5. The number of fused-ring (bicyclic) bond motifs is 5. The minimum absolute atomic E-state index is 0.146. The molecule has 4 saturated carbocycles. The molecule has 0 bridgehead atoms. The number of carbonyl (C=O) groups is 1. The zero-order valence-electron chi connectivity index (χ0n) is 28.9. The van der Waals surface area contributed by atoms with Gasteiger partial charge in [0.25, 0.3) is 0 Å². The summed E-state index contributed by atoms with van der Waals surface area (Å²) in [7, 11) is 0. The predicted octanol–water partition coefficient (Wildman–Crippen LogP) is 5.80. The molecule has 0 aromatic carbocycles. The van der Waals surface area contributed by atoms with Gasteiger partial charge in [-0.25, -0.2) is 0 Å². The van der Waals surface area contributed by atoms with Gasteiger partial charge in [-0.2, -0.15) is 0 Å². The van der Waals surface area contributed by atoms with Gasteiger partial charge in [0.1, 0.15) is 0 Å². The van der Waals surface area contributed by atoms with E-state index in [4.69, 9.17) is 5.73 Å². The van der Waals surface area contributed by atoms with Crippen molar-refractivity contribution < 1.29 is 15.0 Å². The molecule has 0 aromatic rings. The monoisotopic (exact) mass is 619 g/mol. The number of hydrogen-bond acceptors (Lipinski definition) is 6. The molecule has 11 atom stereocenters. The summed E-state index contributed by atoms with van der Waals surface area (Å²) in [4.78, 5) is 11.3. The average Bonchev–Trinajstić information content (AvgIpc) is 3.35. The van der Waals surface area contributed by atoms with E-state index in [-0.39, 0.29) is 12.0 Å². The van der Waals surface area contributed by atoms with Crippen LogP contribution in [0.15, 0.2) is 0 Å². The van der Waals surface area contributed by atoms with Crippen LogP contribution >= 0.6 is 0 Å². The number of aliphatic carboxylic acids is 1. The third-order valence-corrected chi connectivity index (χ3v) is 13.6. The SMILES string of the molecule is CC(CCC[C@@H](C)[C@H]1CCC2C3C(CC[C@@]21C)[C@@]1(C)CC[C@H](NCCCNCCCCNCCCN)C[C@@H]1C[C@H]3O)C(=O)O. The lowest BCUT2D eigenvalue weighted by Gasteiger charge is -2.62. The van der Waals surface area contributed by atoms with E-state index in [0.717, 1.165) is 71.4 Å². The lowest BCUT2D eigenvalue weighted by Crippen LogP contribution is -2.59. The molecule has 0 aromatic heterocycles. The first kappa shape index (κ1) is 36.1. The first-order chi connectivity index (χ1) is 21.1. The normalized spacial score (nSPS) is 38.0. The molecular formula is C37H70N4O3. The van der Waals surface area contributed by atoms with Crippen molar-refractivity contribution in [3.8, 4) is 0 Å². The van der Waals surface area contributed by atoms with Crippen LogP contribution in [0.25, 0.3) is 0 Å². The van der Waals surface area contributed by atoms with Crippen LogP contribution < -0.4 is 21.7 Å². The van der Waals surface area contributed by atoms with Gasteiger partial charge in [0.15, 0.2) is 0 Å². The molecule has 4 rings (SSSR count). The van der Waals surface area contributed by atoms with Crippen molar-refractivity contribution in [1.29, 1.82) is 0 Å². The number of carboxylic acid groups (broad SMARTS) is 1. The van der Waals surface area contributed by atoms with Crippen LogP contribution in [0.1, 0.15) is 124 Å². The van der Waals surface area contributed by atoms with Gasteiger partial charge in [0.05, 0.1) is 12.0 Å². The number of unbranched alkanes of at least 4 members (excludes halogenated alkanes) is 1. The predicted molar refractivity (Wildman–Crippen MR) is 181 cm³/mol. The van der Waals surface area contributed by atoms with E-state index < -0.39 is 5.97 Å². The van der Waals surface area contributed by atoms with Crippen molar-refractivity contribution in [1.82, 2.24) is 16.0 Å². The summed E-state index contributed by atoms with van der Waals surface area (Å²) in [6.45, 7) is 15.6. The number of carboxylic acids is 1. The molecule has 7 N–H and O–H groups in total. The Morgan fingerprint density at radius 3 is 2.18 bits per heavy atom. The Kier molecular flexibility index (Phi) is 13.9. The van der Waals surface area contributed by atoms with E-state index in [1.807, 2.05) is 6.92 Å². The van der Waals surface area contributed by atoms with Gasteiger partial charge in [-0.1, -0.05) is 40.5 Å². The Hall–Kier alpha value is -0.730. The molecule has 4 unspecified atom stereocenters. The van der Waals surface area contributed by atoms with Crippen molar-refractivity contribution in [3.63, 3.8) is 0 Å². The summed E-state index contributed by atoms with van der Waals surface area (Å²) >= 11 is 0. The van der Waals surface area contributed by atoms with Gasteiger partial charge in [0.2, 0.25) is 0 Å². The molecule has 0 heterocycles. The molecule has 0 saturated heterocycles. The first-order valence-corrected chi connectivity index (χ1v) is 18.9. The molecule has 4 aliphatic carbocycles. The standard InChI is InChI=1S/C37H70N4O3/c1-26(10-7-11-27(2)35(43)44)30-12-13-31-34-32(15-17-37(30,31)4)36(3)16-14-29(24-28(36)25-33(34)42)41-23-9-22-40-20-6-5-19-39-21-8-18-38/h26-34,39-42H,5-25,38H2,1-4H3,(H,43,44)/t26-,27?,28-,29+,30-,31?,32?,33-,34?,36+,37-/m1/s1. The lowest BCUT2D eigenvalue weighted by atomic mass is 9.43. The van der Waals surface area contributed by atoms with Crippen LogP contribution in [0.3, 0.4) is 0 Å². The van der Waals surface area contributed by atoms with Crippen molar-refractivity contribution in [2.24, 2.45) is 58.0 Å². The highest BCUT2D eigenvalue weighted by atomic mass is 16.4.